The highest BCUT2D eigenvalue weighted by Gasteiger charge is 2.17. The Hall–Kier alpha value is -0.630. The molecule has 100 valence electrons. The van der Waals surface area contributed by atoms with Gasteiger partial charge in [0.15, 0.2) is 5.78 Å². The van der Waals surface area contributed by atoms with Crippen molar-refractivity contribution in [2.45, 2.75) is 65.9 Å². The quantitative estimate of drug-likeness (QED) is 0.566. The molecule has 0 saturated carbocycles. The fourth-order valence-corrected chi connectivity index (χ4v) is 1.92. The standard InChI is InChI=1S/C15H28O2/c1-6-17-15(4,5)12-8-10-13(2)9-7-11-14(3)16/h7,11,13H,6,8-10,12H2,1-5H3. The molecule has 2 heteroatoms. The van der Waals surface area contributed by atoms with Gasteiger partial charge in [0.2, 0.25) is 0 Å². The molecule has 0 radical (unpaired) electrons. The van der Waals surface area contributed by atoms with Crippen molar-refractivity contribution in [1.82, 2.24) is 0 Å². The van der Waals surface area contributed by atoms with Gasteiger partial charge in [-0.2, -0.15) is 0 Å². The Morgan fingerprint density at radius 1 is 1.41 bits per heavy atom. The van der Waals surface area contributed by atoms with Crippen molar-refractivity contribution in [3.05, 3.63) is 12.2 Å². The Morgan fingerprint density at radius 3 is 2.59 bits per heavy atom. The van der Waals surface area contributed by atoms with E-state index < -0.39 is 0 Å². The number of rotatable bonds is 9. The van der Waals surface area contributed by atoms with E-state index in [1.54, 1.807) is 13.0 Å². The molecule has 0 aromatic heterocycles. The van der Waals surface area contributed by atoms with Gasteiger partial charge in [-0.3, -0.25) is 4.79 Å². The van der Waals surface area contributed by atoms with Crippen molar-refractivity contribution < 1.29 is 9.53 Å². The van der Waals surface area contributed by atoms with Crippen LogP contribution in [0.4, 0.5) is 0 Å². The number of carbonyl (C=O) groups excluding carboxylic acids is 1. The zero-order chi connectivity index (χ0) is 13.3. The van der Waals surface area contributed by atoms with E-state index in [9.17, 15) is 4.79 Å². The third-order valence-electron chi connectivity index (χ3n) is 2.90. The number of ether oxygens (including phenoxy) is 1. The van der Waals surface area contributed by atoms with E-state index in [0.29, 0.717) is 5.92 Å². The third-order valence-corrected chi connectivity index (χ3v) is 2.90. The van der Waals surface area contributed by atoms with Crippen LogP contribution < -0.4 is 0 Å². The van der Waals surface area contributed by atoms with Gasteiger partial charge in [-0.05, 0) is 52.5 Å². The molecule has 1 unspecified atom stereocenters. The Morgan fingerprint density at radius 2 is 2.06 bits per heavy atom. The van der Waals surface area contributed by atoms with Crippen LogP contribution in [0.2, 0.25) is 0 Å². The second kappa shape index (κ2) is 8.46. The van der Waals surface area contributed by atoms with Gasteiger partial charge in [0.25, 0.3) is 0 Å². The summed E-state index contributed by atoms with van der Waals surface area (Å²) >= 11 is 0. The highest BCUT2D eigenvalue weighted by molar-refractivity contribution is 5.87. The number of allylic oxidation sites excluding steroid dienone is 2. The largest absolute Gasteiger partial charge is 0.376 e. The fraction of sp³-hybridized carbons (Fsp3) is 0.800. The average molecular weight is 240 g/mol. The van der Waals surface area contributed by atoms with Crippen molar-refractivity contribution in [2.24, 2.45) is 5.92 Å². The molecule has 2 nitrogen and oxygen atoms in total. The number of hydrogen-bond acceptors (Lipinski definition) is 2. The Bertz CT molecular complexity index is 241. The molecule has 0 bridgehead atoms. The molecule has 0 rings (SSSR count). The van der Waals surface area contributed by atoms with E-state index in [0.717, 1.165) is 19.4 Å². The Labute approximate surface area is 106 Å². The zero-order valence-electron chi connectivity index (χ0n) is 12.1. The minimum Gasteiger partial charge on any atom is -0.376 e. The van der Waals surface area contributed by atoms with Gasteiger partial charge >= 0.3 is 0 Å². The van der Waals surface area contributed by atoms with E-state index in [2.05, 4.69) is 20.8 Å². The van der Waals surface area contributed by atoms with Crippen molar-refractivity contribution in [3.8, 4) is 0 Å². The summed E-state index contributed by atoms with van der Waals surface area (Å²) in [5.41, 5.74) is 0.00366. The molecule has 0 aliphatic carbocycles. The minimum absolute atomic E-state index is 0.00366. The average Bonchev–Trinajstić information content (AvgIpc) is 2.16. The molecule has 0 saturated heterocycles. The highest BCUT2D eigenvalue weighted by atomic mass is 16.5. The molecule has 0 fully saturated rings. The lowest BCUT2D eigenvalue weighted by Gasteiger charge is -2.25. The van der Waals surface area contributed by atoms with Gasteiger partial charge in [0, 0.05) is 6.61 Å². The Kier molecular flexibility index (Phi) is 8.15. The summed E-state index contributed by atoms with van der Waals surface area (Å²) in [5, 5.41) is 0. The molecule has 0 aliphatic heterocycles. The maximum absolute atomic E-state index is 10.7. The number of carbonyl (C=O) groups is 1. The van der Waals surface area contributed by atoms with Crippen LogP contribution in [0.5, 0.6) is 0 Å². The van der Waals surface area contributed by atoms with Crippen LogP contribution in [-0.2, 0) is 9.53 Å². The van der Waals surface area contributed by atoms with Crippen LogP contribution >= 0.6 is 0 Å². The molecule has 0 aromatic rings. The molecule has 0 heterocycles. The van der Waals surface area contributed by atoms with Crippen molar-refractivity contribution in [3.63, 3.8) is 0 Å². The molecule has 0 N–H and O–H groups in total. The maximum Gasteiger partial charge on any atom is 0.152 e. The van der Waals surface area contributed by atoms with Gasteiger partial charge in [-0.15, -0.1) is 0 Å². The second-order valence-electron chi connectivity index (χ2n) is 5.44. The fourth-order valence-electron chi connectivity index (χ4n) is 1.92. The molecular weight excluding hydrogens is 212 g/mol. The minimum atomic E-state index is 0.00366. The first-order chi connectivity index (χ1) is 7.87. The van der Waals surface area contributed by atoms with E-state index in [-0.39, 0.29) is 11.4 Å². The summed E-state index contributed by atoms with van der Waals surface area (Å²) in [4.78, 5) is 10.7. The topological polar surface area (TPSA) is 26.3 Å². The first-order valence-electron chi connectivity index (χ1n) is 6.68. The predicted molar refractivity (Wildman–Crippen MR) is 73.2 cm³/mol. The van der Waals surface area contributed by atoms with Gasteiger partial charge in [0.1, 0.15) is 0 Å². The predicted octanol–water partition coefficient (Wildman–Crippen LogP) is 4.14. The van der Waals surface area contributed by atoms with Gasteiger partial charge in [-0.25, -0.2) is 0 Å². The molecular formula is C15H28O2. The first-order valence-corrected chi connectivity index (χ1v) is 6.68. The summed E-state index contributed by atoms with van der Waals surface area (Å²) in [5.74, 6) is 0.776. The van der Waals surface area contributed by atoms with Crippen molar-refractivity contribution >= 4 is 5.78 Å². The highest BCUT2D eigenvalue weighted by Crippen LogP contribution is 2.21. The lowest BCUT2D eigenvalue weighted by atomic mass is 9.95. The molecule has 0 aromatic carbocycles. The van der Waals surface area contributed by atoms with Crippen LogP contribution in [0, 0.1) is 5.92 Å². The van der Waals surface area contributed by atoms with Crippen LogP contribution in [0.25, 0.3) is 0 Å². The first kappa shape index (κ1) is 16.4. The van der Waals surface area contributed by atoms with Crippen LogP contribution in [0.3, 0.4) is 0 Å². The molecule has 17 heavy (non-hydrogen) atoms. The third kappa shape index (κ3) is 10.3. The van der Waals surface area contributed by atoms with Crippen LogP contribution in [0.1, 0.15) is 60.3 Å². The van der Waals surface area contributed by atoms with E-state index in [1.165, 1.54) is 12.8 Å². The van der Waals surface area contributed by atoms with E-state index in [1.807, 2.05) is 13.0 Å². The number of hydrogen-bond donors (Lipinski definition) is 0. The second-order valence-corrected chi connectivity index (χ2v) is 5.44. The summed E-state index contributed by atoms with van der Waals surface area (Å²) in [6.45, 7) is 10.9. The van der Waals surface area contributed by atoms with Crippen molar-refractivity contribution in [2.75, 3.05) is 6.61 Å². The summed E-state index contributed by atoms with van der Waals surface area (Å²) < 4.78 is 5.67. The van der Waals surface area contributed by atoms with Crippen LogP contribution in [0.15, 0.2) is 12.2 Å². The van der Waals surface area contributed by atoms with E-state index >= 15 is 0 Å². The number of ketones is 1. The molecule has 0 amide bonds. The normalized spacial score (nSPS) is 14.2. The van der Waals surface area contributed by atoms with Crippen molar-refractivity contribution in [1.29, 1.82) is 0 Å². The maximum atomic E-state index is 10.7. The zero-order valence-corrected chi connectivity index (χ0v) is 12.1. The Balaban J connectivity index is 3.70. The summed E-state index contributed by atoms with van der Waals surface area (Å²) in [6.07, 6.45) is 8.12. The summed E-state index contributed by atoms with van der Waals surface area (Å²) in [7, 11) is 0. The lowest BCUT2D eigenvalue weighted by Crippen LogP contribution is -2.24. The monoisotopic (exact) mass is 240 g/mol. The molecule has 1 atom stereocenters. The molecule has 0 aliphatic rings. The van der Waals surface area contributed by atoms with Gasteiger partial charge < -0.3 is 4.74 Å². The summed E-state index contributed by atoms with van der Waals surface area (Å²) in [6, 6.07) is 0. The van der Waals surface area contributed by atoms with Gasteiger partial charge in [0.05, 0.1) is 5.60 Å². The smallest absolute Gasteiger partial charge is 0.152 e. The lowest BCUT2D eigenvalue weighted by molar-refractivity contribution is -0.112. The van der Waals surface area contributed by atoms with Crippen LogP contribution in [-0.4, -0.2) is 18.0 Å². The van der Waals surface area contributed by atoms with E-state index in [4.69, 9.17) is 4.74 Å². The SMILES string of the molecule is CCOC(C)(C)CCCC(C)CC=CC(C)=O. The molecule has 0 spiro atoms. The van der Waals surface area contributed by atoms with Gasteiger partial charge in [-0.1, -0.05) is 25.8 Å².